The first-order chi connectivity index (χ1) is 10.6. The number of hydrogen-bond acceptors (Lipinski definition) is 8. The van der Waals surface area contributed by atoms with E-state index in [9.17, 15) is 29.4 Å². The lowest BCUT2D eigenvalue weighted by Gasteiger charge is -2.19. The van der Waals surface area contributed by atoms with Gasteiger partial charge in [-0.15, -0.1) is 0 Å². The number of rotatable bonds is 5. The standard InChI is InChI=1S/C16H26O8/c1-15(2,3)7-9(17)23-13(21)11(19)12(20)14(22)24-10(18)8-16(4,5)6/h11-12,19-20H,7-8H2,1-6H3. The highest BCUT2D eigenvalue weighted by atomic mass is 16.6. The Balaban J connectivity index is 4.60. The van der Waals surface area contributed by atoms with E-state index in [0.29, 0.717) is 0 Å². The summed E-state index contributed by atoms with van der Waals surface area (Å²) >= 11 is 0. The van der Waals surface area contributed by atoms with Crippen molar-refractivity contribution >= 4 is 23.9 Å². The van der Waals surface area contributed by atoms with Crippen LogP contribution < -0.4 is 0 Å². The van der Waals surface area contributed by atoms with Gasteiger partial charge in [0.2, 0.25) is 0 Å². The molecular formula is C16H26O8. The number of aliphatic hydroxyl groups is 2. The van der Waals surface area contributed by atoms with Crippen LogP contribution in [0.3, 0.4) is 0 Å². The molecular weight excluding hydrogens is 320 g/mol. The van der Waals surface area contributed by atoms with Crippen molar-refractivity contribution in [2.24, 2.45) is 10.8 Å². The van der Waals surface area contributed by atoms with Gasteiger partial charge in [-0.1, -0.05) is 41.5 Å². The summed E-state index contributed by atoms with van der Waals surface area (Å²) < 4.78 is 8.73. The number of esters is 4. The number of ether oxygens (including phenoxy) is 2. The highest BCUT2D eigenvalue weighted by Gasteiger charge is 2.36. The molecule has 0 radical (unpaired) electrons. The van der Waals surface area contributed by atoms with Crippen LogP contribution >= 0.6 is 0 Å². The third-order valence-corrected chi connectivity index (χ3v) is 2.56. The monoisotopic (exact) mass is 346 g/mol. The van der Waals surface area contributed by atoms with Gasteiger partial charge in [0.25, 0.3) is 0 Å². The summed E-state index contributed by atoms with van der Waals surface area (Å²) in [5.41, 5.74) is -0.890. The summed E-state index contributed by atoms with van der Waals surface area (Å²) in [5, 5.41) is 19.1. The first-order valence-corrected chi connectivity index (χ1v) is 7.47. The Kier molecular flexibility index (Phi) is 7.72. The number of hydrogen-bond donors (Lipinski definition) is 2. The van der Waals surface area contributed by atoms with Crippen molar-refractivity contribution in [3.8, 4) is 0 Å². The van der Waals surface area contributed by atoms with E-state index in [1.54, 1.807) is 41.5 Å². The second kappa shape index (κ2) is 8.34. The van der Waals surface area contributed by atoms with Crippen LogP contribution in [0.2, 0.25) is 0 Å². The SMILES string of the molecule is CC(C)(C)CC(=O)OC(=O)C(O)C(O)C(=O)OC(=O)CC(C)(C)C. The van der Waals surface area contributed by atoms with Crippen LogP contribution in [0.1, 0.15) is 54.4 Å². The Morgan fingerprint density at radius 3 is 1.17 bits per heavy atom. The van der Waals surface area contributed by atoms with Crippen molar-refractivity contribution in [1.29, 1.82) is 0 Å². The van der Waals surface area contributed by atoms with Gasteiger partial charge in [-0.05, 0) is 10.8 Å². The lowest BCUT2D eigenvalue weighted by atomic mass is 9.92. The maximum Gasteiger partial charge on any atom is 0.346 e. The zero-order valence-corrected chi connectivity index (χ0v) is 14.9. The van der Waals surface area contributed by atoms with Gasteiger partial charge in [0.1, 0.15) is 0 Å². The van der Waals surface area contributed by atoms with E-state index in [1.165, 1.54) is 0 Å². The Labute approximate surface area is 141 Å². The molecule has 0 aliphatic heterocycles. The largest absolute Gasteiger partial charge is 0.391 e. The van der Waals surface area contributed by atoms with Crippen LogP contribution in [0.25, 0.3) is 0 Å². The summed E-state index contributed by atoms with van der Waals surface area (Å²) in [7, 11) is 0. The first-order valence-electron chi connectivity index (χ1n) is 7.47. The average Bonchev–Trinajstić information content (AvgIpc) is 2.31. The third-order valence-electron chi connectivity index (χ3n) is 2.56. The Hall–Kier alpha value is -1.80. The summed E-state index contributed by atoms with van der Waals surface area (Å²) in [4.78, 5) is 46.1. The van der Waals surface area contributed by atoms with Crippen LogP contribution in [0.5, 0.6) is 0 Å². The van der Waals surface area contributed by atoms with E-state index in [-0.39, 0.29) is 12.8 Å². The molecule has 0 bridgehead atoms. The number of carbonyl (C=O) groups is 4. The second-order valence-electron chi connectivity index (χ2n) is 7.95. The highest BCUT2D eigenvalue weighted by molar-refractivity contribution is 5.94. The second-order valence-corrected chi connectivity index (χ2v) is 7.95. The van der Waals surface area contributed by atoms with Crippen molar-refractivity contribution in [2.45, 2.75) is 66.6 Å². The molecule has 8 heteroatoms. The fourth-order valence-electron chi connectivity index (χ4n) is 1.54. The van der Waals surface area contributed by atoms with E-state index >= 15 is 0 Å². The molecule has 0 fully saturated rings. The molecule has 138 valence electrons. The molecule has 0 aromatic heterocycles. The fourth-order valence-corrected chi connectivity index (χ4v) is 1.54. The number of carbonyl (C=O) groups excluding carboxylic acids is 4. The molecule has 24 heavy (non-hydrogen) atoms. The van der Waals surface area contributed by atoms with E-state index in [0.717, 1.165) is 0 Å². The van der Waals surface area contributed by atoms with Gasteiger partial charge in [-0.3, -0.25) is 9.59 Å². The predicted molar refractivity (Wildman–Crippen MR) is 82.4 cm³/mol. The maximum atomic E-state index is 11.6. The van der Waals surface area contributed by atoms with E-state index in [2.05, 4.69) is 9.47 Å². The molecule has 2 unspecified atom stereocenters. The molecule has 0 rings (SSSR count). The minimum Gasteiger partial charge on any atom is -0.391 e. The normalized spacial score (nSPS) is 14.5. The highest BCUT2D eigenvalue weighted by Crippen LogP contribution is 2.20. The zero-order valence-electron chi connectivity index (χ0n) is 14.9. The van der Waals surface area contributed by atoms with Gasteiger partial charge in [-0.25, -0.2) is 9.59 Å². The molecule has 0 aliphatic rings. The molecule has 0 saturated heterocycles. The zero-order chi connectivity index (χ0) is 19.3. The summed E-state index contributed by atoms with van der Waals surface area (Å²) in [6, 6.07) is 0. The Bertz CT molecular complexity index is 449. The fraction of sp³-hybridized carbons (Fsp3) is 0.750. The van der Waals surface area contributed by atoms with Crippen molar-refractivity contribution in [3.63, 3.8) is 0 Å². The molecule has 2 atom stereocenters. The molecule has 0 spiro atoms. The third kappa shape index (κ3) is 9.36. The average molecular weight is 346 g/mol. The molecule has 2 N–H and O–H groups in total. The minimum absolute atomic E-state index is 0.101. The first kappa shape index (κ1) is 22.2. The predicted octanol–water partition coefficient (Wildman–Crippen LogP) is 0.720. The smallest absolute Gasteiger partial charge is 0.346 e. The van der Waals surface area contributed by atoms with Gasteiger partial charge in [-0.2, -0.15) is 0 Å². The van der Waals surface area contributed by atoms with Crippen LogP contribution in [-0.2, 0) is 28.7 Å². The van der Waals surface area contributed by atoms with E-state index in [4.69, 9.17) is 0 Å². The van der Waals surface area contributed by atoms with Gasteiger partial charge >= 0.3 is 23.9 Å². The molecule has 0 aromatic rings. The Morgan fingerprint density at radius 1 is 0.708 bits per heavy atom. The van der Waals surface area contributed by atoms with E-state index < -0.39 is 46.9 Å². The van der Waals surface area contributed by atoms with Gasteiger partial charge in [0.15, 0.2) is 12.2 Å². The maximum absolute atomic E-state index is 11.6. The molecule has 0 aromatic carbocycles. The van der Waals surface area contributed by atoms with Crippen molar-refractivity contribution < 1.29 is 38.9 Å². The van der Waals surface area contributed by atoms with Crippen LogP contribution in [-0.4, -0.2) is 46.3 Å². The quantitative estimate of drug-likeness (QED) is 0.550. The lowest BCUT2D eigenvalue weighted by molar-refractivity contribution is -0.181. The van der Waals surface area contributed by atoms with Gasteiger partial charge in [0, 0.05) is 0 Å². The summed E-state index contributed by atoms with van der Waals surface area (Å²) in [6.07, 6.45) is -4.86. The minimum atomic E-state index is -2.33. The topological polar surface area (TPSA) is 127 Å². The van der Waals surface area contributed by atoms with Gasteiger partial charge < -0.3 is 19.7 Å². The van der Waals surface area contributed by atoms with Crippen molar-refractivity contribution in [2.75, 3.05) is 0 Å². The van der Waals surface area contributed by atoms with Crippen molar-refractivity contribution in [1.82, 2.24) is 0 Å². The van der Waals surface area contributed by atoms with Gasteiger partial charge in [0.05, 0.1) is 12.8 Å². The molecule has 0 saturated carbocycles. The molecule has 0 heterocycles. The summed E-state index contributed by atoms with van der Waals surface area (Å²) in [5.74, 6) is -4.79. The lowest BCUT2D eigenvalue weighted by Crippen LogP contribution is -2.43. The molecule has 8 nitrogen and oxygen atoms in total. The molecule has 0 aliphatic carbocycles. The summed E-state index contributed by atoms with van der Waals surface area (Å²) in [6.45, 7) is 10.4. The van der Waals surface area contributed by atoms with Crippen LogP contribution in [0.4, 0.5) is 0 Å². The number of aliphatic hydroxyl groups excluding tert-OH is 2. The van der Waals surface area contributed by atoms with Crippen molar-refractivity contribution in [3.05, 3.63) is 0 Å². The van der Waals surface area contributed by atoms with Crippen LogP contribution in [0.15, 0.2) is 0 Å². The van der Waals surface area contributed by atoms with E-state index in [1.807, 2.05) is 0 Å². The molecule has 0 amide bonds. The van der Waals surface area contributed by atoms with Crippen LogP contribution in [0, 0.1) is 10.8 Å². The Morgan fingerprint density at radius 2 is 0.958 bits per heavy atom.